The molecule has 0 rings (SSSR count). The van der Waals surface area contributed by atoms with Crippen LogP contribution in [0.1, 0.15) is 328 Å². The van der Waals surface area contributed by atoms with Crippen LogP contribution < -0.4 is 0 Å². The fraction of sp³-hybridized carbons (Fsp3) is 0.912. The van der Waals surface area contributed by atoms with Gasteiger partial charge in [-0.2, -0.15) is 0 Å². The van der Waals surface area contributed by atoms with Crippen molar-refractivity contribution >= 4 is 5.97 Å². The lowest BCUT2D eigenvalue weighted by molar-refractivity contribution is -0.143. The van der Waals surface area contributed by atoms with Crippen LogP contribution in [0.3, 0.4) is 0 Å². The summed E-state index contributed by atoms with van der Waals surface area (Å²) >= 11 is 0. The topological polar surface area (TPSA) is 26.3 Å². The van der Waals surface area contributed by atoms with E-state index in [1.165, 1.54) is 283 Å². The fourth-order valence-electron chi connectivity index (χ4n) is 8.70. The first-order valence-corrected chi connectivity index (χ1v) is 27.8. The predicted octanol–water partition coefficient (Wildman–Crippen LogP) is 20.8. The van der Waals surface area contributed by atoms with Gasteiger partial charge in [0, 0.05) is 6.42 Å². The van der Waals surface area contributed by atoms with Crippen molar-refractivity contribution in [2.24, 2.45) is 0 Å². The van der Waals surface area contributed by atoms with Crippen molar-refractivity contribution in [3.05, 3.63) is 24.3 Å². The Hall–Kier alpha value is -1.05. The Labute approximate surface area is 373 Å². The first-order valence-electron chi connectivity index (χ1n) is 27.8. The van der Waals surface area contributed by atoms with Gasteiger partial charge in [0.2, 0.25) is 0 Å². The monoisotopic (exact) mass is 827 g/mol. The van der Waals surface area contributed by atoms with Gasteiger partial charge in [-0.25, -0.2) is 0 Å². The molecule has 0 aliphatic heterocycles. The summed E-state index contributed by atoms with van der Waals surface area (Å²) in [4.78, 5) is 12.0. The zero-order chi connectivity index (χ0) is 42.5. The van der Waals surface area contributed by atoms with Crippen LogP contribution in [-0.4, -0.2) is 12.6 Å². The molecule has 0 amide bonds. The Morgan fingerprint density at radius 3 is 0.847 bits per heavy atom. The van der Waals surface area contributed by atoms with Gasteiger partial charge in [0.25, 0.3) is 0 Å². The zero-order valence-corrected chi connectivity index (χ0v) is 41.0. The van der Waals surface area contributed by atoms with E-state index in [9.17, 15) is 4.79 Å². The summed E-state index contributed by atoms with van der Waals surface area (Å²) in [5.74, 6) is 0.0158. The molecule has 0 saturated carbocycles. The molecular weight excluding hydrogens is 717 g/mol. The minimum atomic E-state index is 0.0158. The molecule has 0 fully saturated rings. The van der Waals surface area contributed by atoms with Gasteiger partial charge < -0.3 is 4.74 Å². The van der Waals surface area contributed by atoms with E-state index in [0.29, 0.717) is 13.0 Å². The molecule has 0 atom stereocenters. The lowest BCUT2D eigenvalue weighted by Gasteiger charge is -2.06. The summed E-state index contributed by atoms with van der Waals surface area (Å²) in [6.45, 7) is 5.19. The number of esters is 1. The van der Waals surface area contributed by atoms with Crippen LogP contribution in [0.4, 0.5) is 0 Å². The Balaban J connectivity index is 3.15. The van der Waals surface area contributed by atoms with Crippen molar-refractivity contribution in [1.82, 2.24) is 0 Å². The van der Waals surface area contributed by atoms with Crippen LogP contribution in [0, 0.1) is 0 Å². The maximum atomic E-state index is 12.0. The number of hydrogen-bond donors (Lipinski definition) is 0. The zero-order valence-electron chi connectivity index (χ0n) is 41.0. The highest BCUT2D eigenvalue weighted by Gasteiger charge is 2.03. The van der Waals surface area contributed by atoms with Gasteiger partial charge in [0.05, 0.1) is 6.61 Å². The molecule has 0 aromatic rings. The van der Waals surface area contributed by atoms with Gasteiger partial charge in [-0.05, 0) is 44.9 Å². The van der Waals surface area contributed by atoms with E-state index in [0.717, 1.165) is 25.7 Å². The lowest BCUT2D eigenvalue weighted by atomic mass is 10.0. The van der Waals surface area contributed by atoms with Gasteiger partial charge in [-0.15, -0.1) is 0 Å². The van der Waals surface area contributed by atoms with E-state index < -0.39 is 0 Å². The molecule has 0 aliphatic carbocycles. The third kappa shape index (κ3) is 54.9. The van der Waals surface area contributed by atoms with Gasteiger partial charge in [-0.3, -0.25) is 4.79 Å². The number of allylic oxidation sites excluding steroid dienone is 4. The van der Waals surface area contributed by atoms with E-state index in [1.807, 2.05) is 0 Å². The third-order valence-electron chi connectivity index (χ3n) is 12.8. The first kappa shape index (κ1) is 58.0. The summed E-state index contributed by atoms with van der Waals surface area (Å²) in [6, 6.07) is 0. The molecule has 0 heterocycles. The van der Waals surface area contributed by atoms with Crippen molar-refractivity contribution in [2.45, 2.75) is 328 Å². The van der Waals surface area contributed by atoms with Gasteiger partial charge in [-0.1, -0.05) is 301 Å². The maximum absolute atomic E-state index is 12.0. The second-order valence-corrected chi connectivity index (χ2v) is 18.9. The molecule has 0 aromatic heterocycles. The summed E-state index contributed by atoms with van der Waals surface area (Å²) in [7, 11) is 0. The molecule has 350 valence electrons. The van der Waals surface area contributed by atoms with E-state index >= 15 is 0 Å². The molecule has 0 bridgehead atoms. The number of ether oxygens (including phenoxy) is 1. The molecular formula is C57H110O2. The molecule has 2 heteroatoms. The normalized spacial score (nSPS) is 11.8. The smallest absolute Gasteiger partial charge is 0.305 e. The number of rotatable bonds is 52. The highest BCUT2D eigenvalue weighted by molar-refractivity contribution is 5.69. The molecule has 0 N–H and O–H groups in total. The number of hydrogen-bond acceptors (Lipinski definition) is 2. The second kappa shape index (κ2) is 55.0. The van der Waals surface area contributed by atoms with Gasteiger partial charge in [0.15, 0.2) is 0 Å². The van der Waals surface area contributed by atoms with Crippen LogP contribution >= 0.6 is 0 Å². The fourth-order valence-corrected chi connectivity index (χ4v) is 8.70. The van der Waals surface area contributed by atoms with Crippen LogP contribution in [-0.2, 0) is 9.53 Å². The summed E-state index contributed by atoms with van der Waals surface area (Å²) in [5, 5.41) is 0. The van der Waals surface area contributed by atoms with E-state index in [1.54, 1.807) is 0 Å². The molecule has 59 heavy (non-hydrogen) atoms. The predicted molar refractivity (Wildman–Crippen MR) is 267 cm³/mol. The van der Waals surface area contributed by atoms with Crippen LogP contribution in [0.25, 0.3) is 0 Å². The van der Waals surface area contributed by atoms with Crippen LogP contribution in [0.2, 0.25) is 0 Å². The molecule has 0 unspecified atom stereocenters. The highest BCUT2D eigenvalue weighted by atomic mass is 16.5. The molecule has 0 saturated heterocycles. The average Bonchev–Trinajstić information content (AvgIpc) is 3.24. The van der Waals surface area contributed by atoms with Crippen molar-refractivity contribution in [1.29, 1.82) is 0 Å². The molecule has 0 aliphatic rings. The van der Waals surface area contributed by atoms with Crippen molar-refractivity contribution in [3.8, 4) is 0 Å². The Morgan fingerprint density at radius 2 is 0.525 bits per heavy atom. The maximum Gasteiger partial charge on any atom is 0.305 e. The molecule has 0 radical (unpaired) electrons. The number of carbonyl (C=O) groups is 1. The summed E-state index contributed by atoms with van der Waals surface area (Å²) in [6.07, 6.45) is 76.5. The van der Waals surface area contributed by atoms with Crippen molar-refractivity contribution in [2.75, 3.05) is 6.61 Å². The van der Waals surface area contributed by atoms with E-state index in [4.69, 9.17) is 4.74 Å². The Bertz CT molecular complexity index is 813. The van der Waals surface area contributed by atoms with Crippen molar-refractivity contribution in [3.63, 3.8) is 0 Å². The standard InChI is InChI=1S/C57H110O2/c1-3-5-7-9-11-13-15-17-19-20-21-22-23-24-25-26-27-28-29-30-31-32-33-34-35-36-37-38-39-40-42-44-46-48-50-52-54-56-59-57(58)55-53-51-49-47-45-43-41-18-16-14-12-10-8-6-4-2/h12,14,18,41H,3-11,13,15-17,19-40,42-56H2,1-2H3/b14-12-,41-18-. The minimum Gasteiger partial charge on any atom is -0.466 e. The largest absolute Gasteiger partial charge is 0.466 e. The second-order valence-electron chi connectivity index (χ2n) is 18.9. The first-order chi connectivity index (χ1) is 29.3. The molecule has 2 nitrogen and oxygen atoms in total. The van der Waals surface area contributed by atoms with Gasteiger partial charge in [0.1, 0.15) is 0 Å². The quantitative estimate of drug-likeness (QED) is 0.0347. The van der Waals surface area contributed by atoms with Crippen LogP contribution in [0.5, 0.6) is 0 Å². The lowest BCUT2D eigenvalue weighted by Crippen LogP contribution is -2.05. The van der Waals surface area contributed by atoms with E-state index in [-0.39, 0.29) is 5.97 Å². The number of unbranched alkanes of at least 4 members (excludes halogenated alkanes) is 44. The Morgan fingerprint density at radius 1 is 0.288 bits per heavy atom. The average molecular weight is 828 g/mol. The SMILES string of the molecule is CCCCC/C=C\C/C=C\CCCCCCCC(=O)OCCCCCCCCCCCCCCCCCCCCCCCCCCCCCCCCCCCCCCC. The molecule has 0 spiro atoms. The summed E-state index contributed by atoms with van der Waals surface area (Å²) in [5.41, 5.74) is 0. The van der Waals surface area contributed by atoms with Crippen molar-refractivity contribution < 1.29 is 9.53 Å². The highest BCUT2D eigenvalue weighted by Crippen LogP contribution is 2.18. The van der Waals surface area contributed by atoms with E-state index in [2.05, 4.69) is 38.2 Å². The van der Waals surface area contributed by atoms with Crippen LogP contribution in [0.15, 0.2) is 24.3 Å². The summed E-state index contributed by atoms with van der Waals surface area (Å²) < 4.78 is 5.48. The molecule has 0 aromatic carbocycles. The Kier molecular flexibility index (Phi) is 54.0. The van der Waals surface area contributed by atoms with Gasteiger partial charge >= 0.3 is 5.97 Å². The third-order valence-corrected chi connectivity index (χ3v) is 12.8. The minimum absolute atomic E-state index is 0.0158. The number of carbonyl (C=O) groups excluding carboxylic acids is 1.